The van der Waals surface area contributed by atoms with E-state index < -0.39 is 32.1 Å². The molecule has 0 radical (unpaired) electrons. The highest BCUT2D eigenvalue weighted by Gasteiger charge is 2.61. The molecule has 2 aliphatic rings. The molecule has 0 amide bonds. The maximum absolute atomic E-state index is 15.1. The van der Waals surface area contributed by atoms with E-state index in [9.17, 15) is 12.8 Å². The molecule has 0 bridgehead atoms. The third-order valence-electron chi connectivity index (χ3n) is 6.80. The molecule has 0 spiro atoms. The van der Waals surface area contributed by atoms with Crippen molar-refractivity contribution < 1.29 is 21.9 Å². The summed E-state index contributed by atoms with van der Waals surface area (Å²) in [7, 11) is -4.00. The van der Waals surface area contributed by atoms with Crippen molar-refractivity contribution in [2.45, 2.75) is 43.3 Å². The highest BCUT2D eigenvalue weighted by atomic mass is 32.2. The van der Waals surface area contributed by atoms with Crippen LogP contribution in [0.2, 0.25) is 0 Å². The van der Waals surface area contributed by atoms with Crippen molar-refractivity contribution in [3.8, 4) is 5.75 Å². The van der Waals surface area contributed by atoms with Gasteiger partial charge >= 0.3 is 0 Å². The molecule has 0 N–H and O–H groups in total. The first-order valence-electron chi connectivity index (χ1n) is 9.62. The van der Waals surface area contributed by atoms with E-state index in [2.05, 4.69) is 6.92 Å². The predicted octanol–water partition coefficient (Wildman–Crippen LogP) is 5.02. The van der Waals surface area contributed by atoms with Crippen molar-refractivity contribution >= 4 is 9.84 Å². The minimum atomic E-state index is -4.00. The van der Waals surface area contributed by atoms with E-state index in [0.717, 1.165) is 17.7 Å². The maximum atomic E-state index is 15.1. The number of rotatable bonds is 2. The van der Waals surface area contributed by atoms with Gasteiger partial charge in [-0.3, -0.25) is 0 Å². The van der Waals surface area contributed by atoms with Gasteiger partial charge in [0, 0.05) is 5.92 Å². The van der Waals surface area contributed by atoms with Gasteiger partial charge in [0.05, 0.1) is 17.1 Å². The lowest BCUT2D eigenvalue weighted by Gasteiger charge is -2.51. The van der Waals surface area contributed by atoms with Crippen LogP contribution < -0.4 is 4.74 Å². The van der Waals surface area contributed by atoms with Gasteiger partial charge in [-0.25, -0.2) is 17.2 Å². The van der Waals surface area contributed by atoms with Gasteiger partial charge in [0.25, 0.3) is 0 Å². The topological polar surface area (TPSA) is 43.4 Å². The lowest BCUT2D eigenvalue weighted by Crippen LogP contribution is -2.55. The molecule has 2 aromatic carbocycles. The van der Waals surface area contributed by atoms with Crippen LogP contribution in [0.5, 0.6) is 5.75 Å². The Hall–Kier alpha value is -1.95. The largest absolute Gasteiger partial charge is 0.490 e. The Bertz CT molecular complexity index is 1020. The van der Waals surface area contributed by atoms with Gasteiger partial charge in [0.15, 0.2) is 21.4 Å². The van der Waals surface area contributed by atoms with E-state index in [1.165, 1.54) is 0 Å². The van der Waals surface area contributed by atoms with Gasteiger partial charge in [-0.15, -0.1) is 0 Å². The maximum Gasteiger partial charge on any atom is 0.188 e. The second-order valence-corrected chi connectivity index (χ2v) is 10.4. The summed E-state index contributed by atoms with van der Waals surface area (Å²) in [4.78, 5) is 0.140. The lowest BCUT2D eigenvalue weighted by molar-refractivity contribution is 0.0530. The predicted molar refractivity (Wildman–Crippen MR) is 103 cm³/mol. The van der Waals surface area contributed by atoms with E-state index in [0.29, 0.717) is 6.42 Å². The van der Waals surface area contributed by atoms with Gasteiger partial charge in [-0.2, -0.15) is 0 Å². The molecule has 1 heterocycles. The van der Waals surface area contributed by atoms with Crippen molar-refractivity contribution in [3.05, 3.63) is 59.2 Å². The molecule has 1 aliphatic heterocycles. The number of halogens is 2. The number of ether oxygens (including phenoxy) is 1. The van der Waals surface area contributed by atoms with Crippen LogP contribution in [-0.4, -0.2) is 15.0 Å². The van der Waals surface area contributed by atoms with Gasteiger partial charge in [0.1, 0.15) is 10.6 Å². The van der Waals surface area contributed by atoms with Crippen LogP contribution in [0.4, 0.5) is 8.78 Å². The molecule has 0 saturated heterocycles. The Labute approximate surface area is 164 Å². The van der Waals surface area contributed by atoms with Crippen molar-refractivity contribution in [2.75, 3.05) is 6.61 Å². The third-order valence-corrected chi connectivity index (χ3v) is 9.37. The fourth-order valence-electron chi connectivity index (χ4n) is 4.95. The Balaban J connectivity index is 2.04. The standard InChI is InChI=1S/C22H24F2O3S/c1-13-4-6-16(7-5-13)28(25,26)22-11-10-14(2)15(3)17(22)12-27-21-19(24)9-8-18(23)20(21)22/h4-9,14-15,17H,10-12H2,1-3H3/t14-,15-,17+,22+/m1/s1. The summed E-state index contributed by atoms with van der Waals surface area (Å²) in [6, 6.07) is 8.59. The average molecular weight is 406 g/mol. The first-order chi connectivity index (χ1) is 13.2. The summed E-state index contributed by atoms with van der Waals surface area (Å²) >= 11 is 0. The first-order valence-corrected chi connectivity index (χ1v) is 11.1. The van der Waals surface area contributed by atoms with Crippen molar-refractivity contribution in [1.82, 2.24) is 0 Å². The summed E-state index contributed by atoms with van der Waals surface area (Å²) in [6.07, 6.45) is 0.869. The molecule has 1 aliphatic carbocycles. The number of hydrogen-bond acceptors (Lipinski definition) is 3. The Kier molecular flexibility index (Phi) is 4.53. The normalized spacial score (nSPS) is 29.5. The number of hydrogen-bond donors (Lipinski definition) is 0. The zero-order valence-electron chi connectivity index (χ0n) is 16.2. The average Bonchev–Trinajstić information content (AvgIpc) is 2.67. The Morgan fingerprint density at radius 2 is 1.68 bits per heavy atom. The smallest absolute Gasteiger partial charge is 0.188 e. The van der Waals surface area contributed by atoms with E-state index in [-0.39, 0.29) is 41.1 Å². The molecule has 0 unspecified atom stereocenters. The zero-order chi connectivity index (χ0) is 20.3. The summed E-state index contributed by atoms with van der Waals surface area (Å²) in [5.74, 6) is -1.89. The molecule has 0 aromatic heterocycles. The molecule has 28 heavy (non-hydrogen) atoms. The highest BCUT2D eigenvalue weighted by molar-refractivity contribution is 7.92. The van der Waals surface area contributed by atoms with E-state index in [4.69, 9.17) is 4.74 Å². The molecule has 4 atom stereocenters. The molecular formula is C22H24F2O3S. The highest BCUT2D eigenvalue weighted by Crippen LogP contribution is 2.58. The fourth-order valence-corrected chi connectivity index (χ4v) is 7.39. The molecule has 150 valence electrons. The van der Waals surface area contributed by atoms with Crippen LogP contribution in [-0.2, 0) is 14.6 Å². The van der Waals surface area contributed by atoms with Gasteiger partial charge in [-0.1, -0.05) is 31.5 Å². The molecule has 2 aromatic rings. The molecule has 1 saturated carbocycles. The number of aryl methyl sites for hydroxylation is 1. The number of benzene rings is 2. The Morgan fingerprint density at radius 3 is 2.36 bits per heavy atom. The quantitative estimate of drug-likeness (QED) is 0.704. The summed E-state index contributed by atoms with van der Waals surface area (Å²) in [6.45, 7) is 5.99. The molecular weight excluding hydrogens is 382 g/mol. The molecule has 6 heteroatoms. The minimum absolute atomic E-state index is 0.00945. The van der Waals surface area contributed by atoms with E-state index in [1.54, 1.807) is 24.3 Å². The van der Waals surface area contributed by atoms with Crippen molar-refractivity contribution in [3.63, 3.8) is 0 Å². The van der Waals surface area contributed by atoms with Crippen molar-refractivity contribution in [1.29, 1.82) is 0 Å². The first kappa shape index (κ1) is 19.4. The fraction of sp³-hybridized carbons (Fsp3) is 0.455. The number of fused-ring (bicyclic) bond motifs is 3. The molecule has 4 rings (SSSR count). The van der Waals surface area contributed by atoms with Gasteiger partial charge in [-0.05, 0) is 55.9 Å². The SMILES string of the molecule is Cc1ccc(S(=O)(=O)[C@@]23CC[C@@H](C)[C@@H](C)[C@@H]2COc2c(F)ccc(F)c23)cc1. The summed E-state index contributed by atoms with van der Waals surface area (Å²) < 4.78 is 61.7. The van der Waals surface area contributed by atoms with E-state index >= 15 is 4.39 Å². The second kappa shape index (κ2) is 6.55. The Morgan fingerprint density at radius 1 is 1.04 bits per heavy atom. The monoisotopic (exact) mass is 406 g/mol. The molecule has 1 fully saturated rings. The minimum Gasteiger partial charge on any atom is -0.490 e. The number of sulfone groups is 1. The zero-order valence-corrected chi connectivity index (χ0v) is 17.0. The van der Waals surface area contributed by atoms with Crippen LogP contribution in [0, 0.1) is 36.3 Å². The van der Waals surface area contributed by atoms with Crippen LogP contribution in [0.15, 0.2) is 41.3 Å². The molecule has 3 nitrogen and oxygen atoms in total. The van der Waals surface area contributed by atoms with Crippen LogP contribution in [0.3, 0.4) is 0 Å². The summed E-state index contributed by atoms with van der Waals surface area (Å²) in [5, 5.41) is 0. The van der Waals surface area contributed by atoms with Crippen LogP contribution >= 0.6 is 0 Å². The van der Waals surface area contributed by atoms with Crippen LogP contribution in [0.1, 0.15) is 37.8 Å². The van der Waals surface area contributed by atoms with Crippen LogP contribution in [0.25, 0.3) is 0 Å². The summed E-state index contributed by atoms with van der Waals surface area (Å²) in [5.41, 5.74) is 0.798. The van der Waals surface area contributed by atoms with Gasteiger partial charge in [0.2, 0.25) is 0 Å². The van der Waals surface area contributed by atoms with E-state index in [1.807, 2.05) is 13.8 Å². The second-order valence-electron chi connectivity index (χ2n) is 8.23. The van der Waals surface area contributed by atoms with Crippen molar-refractivity contribution in [2.24, 2.45) is 17.8 Å². The third kappa shape index (κ3) is 2.53. The van der Waals surface area contributed by atoms with Gasteiger partial charge < -0.3 is 4.74 Å². The lowest BCUT2D eigenvalue weighted by atomic mass is 9.64.